The molecule has 1 saturated carbocycles. The standard InChI is InChI=1S/C15H15N3O3S/c19-14(18-22(20,21)13-11-16-9-10-17-13)15(7-4-8-15)12-5-2-1-3-6-12/h1-3,5-6,9-11H,4,7-8H2,(H,18,19). The molecule has 0 unspecified atom stereocenters. The Kier molecular flexibility index (Phi) is 3.66. The summed E-state index contributed by atoms with van der Waals surface area (Å²) in [6, 6.07) is 9.27. The van der Waals surface area contributed by atoms with Crippen LogP contribution in [0, 0.1) is 0 Å². The fraction of sp³-hybridized carbons (Fsp3) is 0.267. The van der Waals surface area contributed by atoms with Crippen molar-refractivity contribution in [3.05, 3.63) is 54.5 Å². The van der Waals surface area contributed by atoms with Crippen molar-refractivity contribution in [2.45, 2.75) is 29.7 Å². The van der Waals surface area contributed by atoms with Gasteiger partial charge in [-0.2, -0.15) is 8.42 Å². The van der Waals surface area contributed by atoms with Gasteiger partial charge in [0, 0.05) is 12.4 Å². The first kappa shape index (κ1) is 14.6. The van der Waals surface area contributed by atoms with E-state index in [1.807, 2.05) is 30.3 Å². The van der Waals surface area contributed by atoms with Crippen LogP contribution < -0.4 is 4.72 Å². The van der Waals surface area contributed by atoms with Gasteiger partial charge in [0.15, 0.2) is 5.03 Å². The Labute approximate surface area is 128 Å². The predicted octanol–water partition coefficient (Wildman–Crippen LogP) is 1.40. The van der Waals surface area contributed by atoms with Gasteiger partial charge in [0.2, 0.25) is 5.91 Å². The molecule has 3 rings (SSSR count). The molecule has 0 radical (unpaired) electrons. The molecule has 1 aromatic carbocycles. The minimum Gasteiger partial charge on any atom is -0.273 e. The van der Waals surface area contributed by atoms with Crippen LogP contribution in [0.25, 0.3) is 0 Å². The molecule has 7 heteroatoms. The summed E-state index contributed by atoms with van der Waals surface area (Å²) in [5.41, 5.74) is 0.0735. The average Bonchev–Trinajstić information content (AvgIpc) is 2.48. The van der Waals surface area contributed by atoms with Crippen LogP contribution in [0.1, 0.15) is 24.8 Å². The van der Waals surface area contributed by atoms with Gasteiger partial charge in [-0.1, -0.05) is 36.8 Å². The molecule has 1 amide bonds. The fourth-order valence-electron chi connectivity index (χ4n) is 2.63. The average molecular weight is 317 g/mol. The van der Waals surface area contributed by atoms with E-state index >= 15 is 0 Å². The van der Waals surface area contributed by atoms with E-state index < -0.39 is 21.3 Å². The van der Waals surface area contributed by atoms with Crippen molar-refractivity contribution in [2.75, 3.05) is 0 Å². The summed E-state index contributed by atoms with van der Waals surface area (Å²) in [6.07, 6.45) is 5.93. The molecule has 2 aromatic rings. The summed E-state index contributed by atoms with van der Waals surface area (Å²) >= 11 is 0. The molecule has 1 aromatic heterocycles. The van der Waals surface area contributed by atoms with Crippen molar-refractivity contribution in [1.29, 1.82) is 0 Å². The third-order valence-corrected chi connectivity index (χ3v) is 5.23. The maximum absolute atomic E-state index is 12.6. The van der Waals surface area contributed by atoms with Gasteiger partial charge in [0.05, 0.1) is 11.6 Å². The van der Waals surface area contributed by atoms with Crippen LogP contribution in [0.5, 0.6) is 0 Å². The molecule has 22 heavy (non-hydrogen) atoms. The number of sulfonamides is 1. The Bertz CT molecular complexity index is 772. The van der Waals surface area contributed by atoms with Gasteiger partial charge in [-0.15, -0.1) is 0 Å². The second-order valence-electron chi connectivity index (χ2n) is 5.28. The number of aromatic nitrogens is 2. The Morgan fingerprint density at radius 1 is 1.14 bits per heavy atom. The van der Waals surface area contributed by atoms with Crippen molar-refractivity contribution in [3.8, 4) is 0 Å². The van der Waals surface area contributed by atoms with Gasteiger partial charge < -0.3 is 0 Å². The number of nitrogens with zero attached hydrogens (tertiary/aromatic N) is 2. The fourth-order valence-corrected chi connectivity index (χ4v) is 3.57. The molecule has 6 nitrogen and oxygen atoms in total. The normalized spacial score (nSPS) is 16.5. The molecule has 0 bridgehead atoms. The third-order valence-electron chi connectivity index (χ3n) is 4.01. The topological polar surface area (TPSA) is 89.0 Å². The number of benzene rings is 1. The highest BCUT2D eigenvalue weighted by Crippen LogP contribution is 2.44. The highest BCUT2D eigenvalue weighted by atomic mass is 32.2. The zero-order chi connectivity index (χ0) is 15.6. The van der Waals surface area contributed by atoms with E-state index in [4.69, 9.17) is 0 Å². The van der Waals surface area contributed by atoms with Crippen molar-refractivity contribution in [1.82, 2.24) is 14.7 Å². The van der Waals surface area contributed by atoms with Crippen molar-refractivity contribution in [3.63, 3.8) is 0 Å². The molecule has 1 aliphatic carbocycles. The molecule has 0 saturated heterocycles. The summed E-state index contributed by atoms with van der Waals surface area (Å²) in [7, 11) is -4.00. The minimum absolute atomic E-state index is 0.258. The number of nitrogens with one attached hydrogen (secondary N) is 1. The Morgan fingerprint density at radius 2 is 1.86 bits per heavy atom. The van der Waals surface area contributed by atoms with Crippen molar-refractivity contribution < 1.29 is 13.2 Å². The molecule has 114 valence electrons. The molecule has 0 atom stereocenters. The largest absolute Gasteiger partial charge is 0.283 e. The highest BCUT2D eigenvalue weighted by Gasteiger charge is 2.47. The van der Waals surface area contributed by atoms with Gasteiger partial charge in [0.25, 0.3) is 10.0 Å². The van der Waals surface area contributed by atoms with Crippen LogP contribution in [-0.4, -0.2) is 24.3 Å². The van der Waals surface area contributed by atoms with Crippen LogP contribution in [0.3, 0.4) is 0 Å². The van der Waals surface area contributed by atoms with Crippen molar-refractivity contribution >= 4 is 15.9 Å². The van der Waals surface area contributed by atoms with Crippen LogP contribution in [-0.2, 0) is 20.2 Å². The molecule has 0 aliphatic heterocycles. The Hall–Kier alpha value is -2.28. The molecule has 1 aliphatic rings. The lowest BCUT2D eigenvalue weighted by Gasteiger charge is -2.40. The molecule has 0 spiro atoms. The van der Waals surface area contributed by atoms with Crippen LogP contribution >= 0.6 is 0 Å². The first-order valence-corrected chi connectivity index (χ1v) is 8.42. The number of hydrogen-bond donors (Lipinski definition) is 1. The minimum atomic E-state index is -4.00. The van der Waals surface area contributed by atoms with E-state index in [0.29, 0.717) is 12.8 Å². The third kappa shape index (κ3) is 2.48. The molecule has 1 heterocycles. The number of hydrogen-bond acceptors (Lipinski definition) is 5. The van der Waals surface area contributed by atoms with E-state index in [1.165, 1.54) is 12.4 Å². The first-order valence-electron chi connectivity index (χ1n) is 6.93. The zero-order valence-electron chi connectivity index (χ0n) is 11.8. The smallest absolute Gasteiger partial charge is 0.273 e. The van der Waals surface area contributed by atoms with Crippen LogP contribution in [0.2, 0.25) is 0 Å². The summed E-state index contributed by atoms with van der Waals surface area (Å²) in [6.45, 7) is 0. The lowest BCUT2D eigenvalue weighted by atomic mass is 9.64. The van der Waals surface area contributed by atoms with Crippen LogP contribution in [0.15, 0.2) is 53.9 Å². The van der Waals surface area contributed by atoms with Gasteiger partial charge in [-0.3, -0.25) is 9.78 Å². The maximum atomic E-state index is 12.6. The van der Waals surface area contributed by atoms with E-state index in [2.05, 4.69) is 14.7 Å². The summed E-state index contributed by atoms with van der Waals surface area (Å²) < 4.78 is 26.6. The molecule has 1 fully saturated rings. The Balaban J connectivity index is 1.88. The van der Waals surface area contributed by atoms with Gasteiger partial charge in [-0.25, -0.2) is 9.71 Å². The Morgan fingerprint density at radius 3 is 2.41 bits per heavy atom. The zero-order valence-corrected chi connectivity index (χ0v) is 12.6. The second-order valence-corrected chi connectivity index (χ2v) is 6.91. The number of carbonyl (C=O) groups is 1. The molecular weight excluding hydrogens is 302 g/mol. The van der Waals surface area contributed by atoms with Crippen molar-refractivity contribution in [2.24, 2.45) is 0 Å². The van der Waals surface area contributed by atoms with E-state index in [1.54, 1.807) is 0 Å². The van der Waals surface area contributed by atoms with Gasteiger partial charge >= 0.3 is 0 Å². The highest BCUT2D eigenvalue weighted by molar-refractivity contribution is 7.90. The predicted molar refractivity (Wildman–Crippen MR) is 79.3 cm³/mol. The van der Waals surface area contributed by atoms with E-state index in [-0.39, 0.29) is 5.03 Å². The number of carbonyl (C=O) groups excluding carboxylic acids is 1. The monoisotopic (exact) mass is 317 g/mol. The first-order chi connectivity index (χ1) is 10.5. The lowest BCUT2D eigenvalue weighted by Crippen LogP contribution is -2.50. The SMILES string of the molecule is O=C(NS(=O)(=O)c1cnccn1)C1(c2ccccc2)CCC1. The second kappa shape index (κ2) is 5.49. The lowest BCUT2D eigenvalue weighted by molar-refractivity contribution is -0.128. The van der Waals surface area contributed by atoms with Gasteiger partial charge in [0.1, 0.15) is 0 Å². The summed E-state index contributed by atoms with van der Waals surface area (Å²) in [4.78, 5) is 20.1. The molecular formula is C15H15N3O3S. The number of amides is 1. The summed E-state index contributed by atoms with van der Waals surface area (Å²) in [5.74, 6) is -0.504. The van der Waals surface area contributed by atoms with Gasteiger partial charge in [-0.05, 0) is 18.4 Å². The van der Waals surface area contributed by atoms with E-state index in [9.17, 15) is 13.2 Å². The van der Waals surface area contributed by atoms with Crippen LogP contribution in [0.4, 0.5) is 0 Å². The van der Waals surface area contributed by atoms with E-state index in [0.717, 1.165) is 18.2 Å². The number of rotatable bonds is 4. The summed E-state index contributed by atoms with van der Waals surface area (Å²) in [5, 5.41) is -0.258. The molecule has 1 N–H and O–H groups in total. The maximum Gasteiger partial charge on any atom is 0.283 e. The quantitative estimate of drug-likeness (QED) is 0.921.